The van der Waals surface area contributed by atoms with E-state index in [-0.39, 0.29) is 24.3 Å². The molecule has 0 aliphatic heterocycles. The number of halogens is 1. The average Bonchev–Trinajstić information content (AvgIpc) is 3.05. The van der Waals surface area contributed by atoms with Gasteiger partial charge in [-0.25, -0.2) is 0 Å². The Bertz CT molecular complexity index is 483. The summed E-state index contributed by atoms with van der Waals surface area (Å²) < 4.78 is 1.08. The van der Waals surface area contributed by atoms with Gasteiger partial charge in [-0.15, -0.1) is 11.3 Å². The standard InChI is InChI=1S/C12H16IN3O2S/c13-10-5-8(7-19-10)12(17)16(6-11(14)15-18)9-3-1-2-4-9/h5,7,9,18H,1-4,6H2,(H2,14,15). The third-order valence-corrected chi connectivity index (χ3v) is 5.09. The third kappa shape index (κ3) is 3.59. The van der Waals surface area contributed by atoms with Gasteiger partial charge in [-0.2, -0.15) is 0 Å². The molecule has 0 bridgehead atoms. The Morgan fingerprint density at radius 3 is 2.79 bits per heavy atom. The molecule has 2 rings (SSSR count). The van der Waals surface area contributed by atoms with Crippen molar-refractivity contribution in [3.8, 4) is 0 Å². The monoisotopic (exact) mass is 393 g/mol. The molecule has 1 aromatic heterocycles. The number of amidine groups is 1. The number of thiophene rings is 1. The predicted octanol–water partition coefficient (Wildman–Crippen LogP) is 2.48. The summed E-state index contributed by atoms with van der Waals surface area (Å²) in [6.07, 6.45) is 4.24. The van der Waals surface area contributed by atoms with Crippen molar-refractivity contribution in [2.75, 3.05) is 6.54 Å². The first-order valence-corrected chi connectivity index (χ1v) is 8.09. The van der Waals surface area contributed by atoms with Crippen molar-refractivity contribution >= 4 is 45.7 Å². The van der Waals surface area contributed by atoms with Gasteiger partial charge in [0.2, 0.25) is 0 Å². The van der Waals surface area contributed by atoms with Crippen molar-refractivity contribution in [3.05, 3.63) is 19.9 Å². The highest BCUT2D eigenvalue weighted by atomic mass is 127. The van der Waals surface area contributed by atoms with E-state index >= 15 is 0 Å². The molecular formula is C12H16IN3O2S. The molecule has 0 radical (unpaired) electrons. The van der Waals surface area contributed by atoms with Gasteiger partial charge in [0.25, 0.3) is 5.91 Å². The van der Waals surface area contributed by atoms with E-state index in [4.69, 9.17) is 10.9 Å². The van der Waals surface area contributed by atoms with Crippen LogP contribution in [0.3, 0.4) is 0 Å². The molecule has 7 heteroatoms. The second kappa shape index (κ2) is 6.56. The van der Waals surface area contributed by atoms with Crippen LogP contribution in [0.1, 0.15) is 36.0 Å². The van der Waals surface area contributed by atoms with Gasteiger partial charge in [-0.1, -0.05) is 18.0 Å². The van der Waals surface area contributed by atoms with E-state index in [1.807, 2.05) is 11.4 Å². The molecule has 1 aliphatic rings. The second-order valence-corrected chi connectivity index (χ2v) is 7.41. The highest BCUT2D eigenvalue weighted by molar-refractivity contribution is 14.1. The first kappa shape index (κ1) is 14.6. The Hall–Kier alpha value is -0.830. The molecule has 1 aliphatic carbocycles. The lowest BCUT2D eigenvalue weighted by Gasteiger charge is -2.28. The fourth-order valence-electron chi connectivity index (χ4n) is 2.38. The van der Waals surface area contributed by atoms with Gasteiger partial charge in [0, 0.05) is 11.4 Å². The number of hydrogen-bond acceptors (Lipinski definition) is 4. The first-order valence-electron chi connectivity index (χ1n) is 6.13. The smallest absolute Gasteiger partial charge is 0.255 e. The van der Waals surface area contributed by atoms with Crippen molar-refractivity contribution in [1.82, 2.24) is 4.90 Å². The molecule has 1 heterocycles. The summed E-state index contributed by atoms with van der Waals surface area (Å²) in [5, 5.41) is 13.6. The Balaban J connectivity index is 2.18. The van der Waals surface area contributed by atoms with Crippen LogP contribution in [0.15, 0.2) is 16.6 Å². The van der Waals surface area contributed by atoms with Gasteiger partial charge in [-0.3, -0.25) is 4.79 Å². The highest BCUT2D eigenvalue weighted by Gasteiger charge is 2.28. The molecule has 1 amide bonds. The molecule has 5 nitrogen and oxygen atoms in total. The first-order chi connectivity index (χ1) is 9.11. The Morgan fingerprint density at radius 1 is 1.58 bits per heavy atom. The van der Waals surface area contributed by atoms with Gasteiger partial charge in [0.1, 0.15) is 0 Å². The van der Waals surface area contributed by atoms with E-state index in [1.165, 1.54) is 0 Å². The zero-order valence-corrected chi connectivity index (χ0v) is 13.4. The van der Waals surface area contributed by atoms with E-state index in [0.29, 0.717) is 5.56 Å². The number of carbonyl (C=O) groups excluding carboxylic acids is 1. The maximum absolute atomic E-state index is 12.5. The summed E-state index contributed by atoms with van der Waals surface area (Å²) >= 11 is 3.74. The molecule has 1 fully saturated rings. The quantitative estimate of drug-likeness (QED) is 0.271. The van der Waals surface area contributed by atoms with Crippen LogP contribution in [0.5, 0.6) is 0 Å². The Kier molecular flexibility index (Phi) is 5.03. The number of nitrogens with two attached hydrogens (primary N) is 1. The molecule has 1 saturated carbocycles. The zero-order chi connectivity index (χ0) is 13.8. The summed E-state index contributed by atoms with van der Waals surface area (Å²) in [5.41, 5.74) is 6.26. The maximum Gasteiger partial charge on any atom is 0.255 e. The van der Waals surface area contributed by atoms with Crippen LogP contribution in [0.2, 0.25) is 0 Å². The van der Waals surface area contributed by atoms with Crippen LogP contribution in [0.4, 0.5) is 0 Å². The van der Waals surface area contributed by atoms with E-state index in [9.17, 15) is 4.79 Å². The predicted molar refractivity (Wildman–Crippen MR) is 83.7 cm³/mol. The van der Waals surface area contributed by atoms with E-state index in [0.717, 1.165) is 28.6 Å². The number of nitrogens with zero attached hydrogens (tertiary/aromatic N) is 2. The topological polar surface area (TPSA) is 78.9 Å². The molecular weight excluding hydrogens is 377 g/mol. The second-order valence-electron chi connectivity index (χ2n) is 4.60. The van der Waals surface area contributed by atoms with E-state index < -0.39 is 0 Å². The lowest BCUT2D eigenvalue weighted by atomic mass is 10.1. The number of rotatable bonds is 4. The highest BCUT2D eigenvalue weighted by Crippen LogP contribution is 2.26. The minimum atomic E-state index is -0.0299. The van der Waals surface area contributed by atoms with Gasteiger partial charge >= 0.3 is 0 Å². The van der Waals surface area contributed by atoms with Crippen molar-refractivity contribution in [3.63, 3.8) is 0 Å². The molecule has 0 atom stereocenters. The van der Waals surface area contributed by atoms with Crippen molar-refractivity contribution in [1.29, 1.82) is 0 Å². The summed E-state index contributed by atoms with van der Waals surface area (Å²) in [5.74, 6) is 0.0443. The van der Waals surface area contributed by atoms with Crippen molar-refractivity contribution < 1.29 is 10.0 Å². The van der Waals surface area contributed by atoms with Crippen LogP contribution in [0.25, 0.3) is 0 Å². The summed E-state index contributed by atoms with van der Waals surface area (Å²) in [4.78, 5) is 14.3. The van der Waals surface area contributed by atoms with E-state index in [1.54, 1.807) is 16.2 Å². The Morgan fingerprint density at radius 2 is 2.26 bits per heavy atom. The van der Waals surface area contributed by atoms with Gasteiger partial charge < -0.3 is 15.8 Å². The largest absolute Gasteiger partial charge is 0.409 e. The lowest BCUT2D eigenvalue weighted by Crippen LogP contribution is -2.44. The minimum absolute atomic E-state index is 0.0299. The van der Waals surface area contributed by atoms with Gasteiger partial charge in [0.15, 0.2) is 5.84 Å². The maximum atomic E-state index is 12.5. The fraction of sp³-hybridized carbons (Fsp3) is 0.500. The van der Waals surface area contributed by atoms with Crippen LogP contribution in [-0.2, 0) is 0 Å². The molecule has 1 aromatic rings. The minimum Gasteiger partial charge on any atom is -0.409 e. The normalized spacial score (nSPS) is 16.8. The molecule has 3 N–H and O–H groups in total. The number of oxime groups is 1. The van der Waals surface area contributed by atoms with E-state index in [2.05, 4.69) is 27.7 Å². The van der Waals surface area contributed by atoms with Crippen LogP contribution < -0.4 is 5.73 Å². The molecule has 0 saturated heterocycles. The fourth-order valence-corrected chi connectivity index (χ4v) is 3.70. The Labute approximate surface area is 129 Å². The molecule has 0 unspecified atom stereocenters. The average molecular weight is 393 g/mol. The van der Waals surface area contributed by atoms with Crippen molar-refractivity contribution in [2.24, 2.45) is 10.9 Å². The SMILES string of the molecule is NC(CN(C(=O)c1csc(I)c1)C1CCCC1)=NO. The number of carbonyl (C=O) groups is 1. The number of amides is 1. The van der Waals surface area contributed by atoms with Crippen molar-refractivity contribution in [2.45, 2.75) is 31.7 Å². The number of hydrogen-bond donors (Lipinski definition) is 2. The molecule has 104 valence electrons. The van der Waals surface area contributed by atoms with Crippen LogP contribution in [-0.4, -0.2) is 34.4 Å². The van der Waals surface area contributed by atoms with Crippen LogP contribution >= 0.6 is 33.9 Å². The molecule has 19 heavy (non-hydrogen) atoms. The lowest BCUT2D eigenvalue weighted by molar-refractivity contribution is 0.0713. The summed E-state index contributed by atoms with van der Waals surface area (Å²) in [7, 11) is 0. The molecule has 0 aromatic carbocycles. The van der Waals surface area contributed by atoms with Gasteiger partial charge in [-0.05, 0) is 41.5 Å². The third-order valence-electron chi connectivity index (χ3n) is 3.30. The summed E-state index contributed by atoms with van der Waals surface area (Å²) in [6.45, 7) is 0.187. The zero-order valence-electron chi connectivity index (χ0n) is 10.4. The molecule has 0 spiro atoms. The van der Waals surface area contributed by atoms with Gasteiger partial charge in [0.05, 0.1) is 15.0 Å². The van der Waals surface area contributed by atoms with Crippen LogP contribution in [0, 0.1) is 2.88 Å². The summed E-state index contributed by atoms with van der Waals surface area (Å²) in [6, 6.07) is 2.08.